The highest BCUT2D eigenvalue weighted by molar-refractivity contribution is 5.78. The lowest BCUT2D eigenvalue weighted by Gasteiger charge is -2.14. The minimum Gasteiger partial charge on any atom is -0.352 e. The molecule has 1 unspecified atom stereocenters. The lowest BCUT2D eigenvalue weighted by Crippen LogP contribution is -2.38. The molecular weight excluding hydrogens is 152 g/mol. The van der Waals surface area contributed by atoms with Gasteiger partial charge in [0, 0.05) is 18.5 Å². The van der Waals surface area contributed by atoms with Crippen LogP contribution in [0.25, 0.3) is 0 Å². The lowest BCUT2D eigenvalue weighted by molar-refractivity contribution is -0.124. The monoisotopic (exact) mass is 170 g/mol. The number of amides is 1. The fourth-order valence-corrected chi connectivity index (χ4v) is 1.42. The molecule has 1 saturated heterocycles. The van der Waals surface area contributed by atoms with Crippen LogP contribution in [0.5, 0.6) is 0 Å². The fraction of sp³-hybridized carbons (Fsp3) is 0.889. The molecule has 1 aliphatic rings. The molecule has 1 aliphatic heterocycles. The number of nitrogens with zero attached hydrogens (tertiary/aromatic N) is 1. The predicted octanol–water partition coefficient (Wildman–Crippen LogP) is 0.463. The van der Waals surface area contributed by atoms with Gasteiger partial charge in [0.25, 0.3) is 0 Å². The predicted molar refractivity (Wildman–Crippen MR) is 48.9 cm³/mol. The van der Waals surface area contributed by atoms with E-state index in [4.69, 9.17) is 0 Å². The van der Waals surface area contributed by atoms with E-state index in [0.717, 1.165) is 19.5 Å². The number of nitrogens with one attached hydrogen (secondary N) is 1. The summed E-state index contributed by atoms with van der Waals surface area (Å²) in [5.41, 5.74) is 0. The fourth-order valence-electron chi connectivity index (χ4n) is 1.42. The molecule has 1 fully saturated rings. The maximum absolute atomic E-state index is 11.3. The second kappa shape index (κ2) is 3.90. The van der Waals surface area contributed by atoms with Crippen LogP contribution in [0.15, 0.2) is 0 Å². The Kier molecular flexibility index (Phi) is 3.09. The van der Waals surface area contributed by atoms with E-state index >= 15 is 0 Å². The molecule has 3 nitrogen and oxygen atoms in total. The Labute approximate surface area is 74.1 Å². The first-order valence-electron chi connectivity index (χ1n) is 4.58. The van der Waals surface area contributed by atoms with Crippen molar-refractivity contribution in [2.24, 2.45) is 5.92 Å². The third-order valence-corrected chi connectivity index (χ3v) is 2.26. The van der Waals surface area contributed by atoms with Gasteiger partial charge in [0.05, 0.1) is 0 Å². The van der Waals surface area contributed by atoms with Crippen LogP contribution in [0, 0.1) is 5.92 Å². The van der Waals surface area contributed by atoms with Crippen LogP contribution in [-0.2, 0) is 4.79 Å². The smallest absolute Gasteiger partial charge is 0.222 e. The van der Waals surface area contributed by atoms with Crippen LogP contribution < -0.4 is 5.32 Å². The molecule has 3 heteroatoms. The SMILES string of the molecule is CC(C)C(=O)NC1CCN(C)C1. The third-order valence-electron chi connectivity index (χ3n) is 2.26. The molecule has 1 N–H and O–H groups in total. The third kappa shape index (κ3) is 2.48. The maximum Gasteiger partial charge on any atom is 0.222 e. The lowest BCUT2D eigenvalue weighted by atomic mass is 10.2. The molecule has 0 spiro atoms. The second-order valence-electron chi connectivity index (χ2n) is 3.91. The molecule has 1 atom stereocenters. The summed E-state index contributed by atoms with van der Waals surface area (Å²) in [6.45, 7) is 5.95. The summed E-state index contributed by atoms with van der Waals surface area (Å²) in [5, 5.41) is 3.03. The molecule has 1 rings (SSSR count). The molecule has 0 bridgehead atoms. The molecular formula is C9H18N2O. The Hall–Kier alpha value is -0.570. The average molecular weight is 170 g/mol. The highest BCUT2D eigenvalue weighted by Crippen LogP contribution is 2.06. The van der Waals surface area contributed by atoms with E-state index in [0.29, 0.717) is 6.04 Å². The summed E-state index contributed by atoms with van der Waals surface area (Å²) in [6, 6.07) is 0.380. The molecule has 0 radical (unpaired) electrons. The van der Waals surface area contributed by atoms with Gasteiger partial charge in [-0.25, -0.2) is 0 Å². The molecule has 12 heavy (non-hydrogen) atoms. The molecule has 1 amide bonds. The van der Waals surface area contributed by atoms with Gasteiger partial charge >= 0.3 is 0 Å². The zero-order chi connectivity index (χ0) is 9.14. The standard InChI is InChI=1S/C9H18N2O/c1-7(2)9(12)10-8-4-5-11(3)6-8/h7-8H,4-6H2,1-3H3,(H,10,12). The van der Waals surface area contributed by atoms with Crippen molar-refractivity contribution in [3.05, 3.63) is 0 Å². The van der Waals surface area contributed by atoms with Crippen molar-refractivity contribution in [2.45, 2.75) is 26.3 Å². The number of likely N-dealkylation sites (N-methyl/N-ethyl adjacent to an activating group) is 1. The summed E-state index contributed by atoms with van der Waals surface area (Å²) in [7, 11) is 2.08. The second-order valence-corrected chi connectivity index (χ2v) is 3.91. The number of rotatable bonds is 2. The number of likely N-dealkylation sites (tertiary alicyclic amines) is 1. The Bertz CT molecular complexity index is 168. The van der Waals surface area contributed by atoms with Gasteiger partial charge in [-0.3, -0.25) is 4.79 Å². The number of carbonyl (C=O) groups is 1. The van der Waals surface area contributed by atoms with Crippen LogP contribution in [0.2, 0.25) is 0 Å². The van der Waals surface area contributed by atoms with Crippen molar-refractivity contribution in [2.75, 3.05) is 20.1 Å². The Morgan fingerprint density at radius 2 is 2.25 bits per heavy atom. The Morgan fingerprint density at radius 3 is 2.67 bits per heavy atom. The number of hydrogen-bond acceptors (Lipinski definition) is 2. The average Bonchev–Trinajstić information content (AvgIpc) is 2.35. The largest absolute Gasteiger partial charge is 0.352 e. The van der Waals surface area contributed by atoms with Gasteiger partial charge in [0.15, 0.2) is 0 Å². The van der Waals surface area contributed by atoms with Crippen molar-refractivity contribution >= 4 is 5.91 Å². The van der Waals surface area contributed by atoms with Crippen LogP contribution in [0.4, 0.5) is 0 Å². The Balaban J connectivity index is 2.28. The zero-order valence-electron chi connectivity index (χ0n) is 8.13. The van der Waals surface area contributed by atoms with Crippen molar-refractivity contribution < 1.29 is 4.79 Å². The summed E-state index contributed by atoms with van der Waals surface area (Å²) in [4.78, 5) is 13.5. The van der Waals surface area contributed by atoms with E-state index in [1.54, 1.807) is 0 Å². The van der Waals surface area contributed by atoms with Gasteiger partial charge in [-0.15, -0.1) is 0 Å². The summed E-state index contributed by atoms with van der Waals surface area (Å²) < 4.78 is 0. The topological polar surface area (TPSA) is 32.3 Å². The van der Waals surface area contributed by atoms with Crippen LogP contribution in [0.3, 0.4) is 0 Å². The molecule has 0 aromatic carbocycles. The molecule has 0 aliphatic carbocycles. The maximum atomic E-state index is 11.3. The van der Waals surface area contributed by atoms with Gasteiger partial charge in [0.1, 0.15) is 0 Å². The van der Waals surface area contributed by atoms with Gasteiger partial charge < -0.3 is 10.2 Å². The van der Waals surface area contributed by atoms with Crippen molar-refractivity contribution in [3.63, 3.8) is 0 Å². The van der Waals surface area contributed by atoms with E-state index in [1.807, 2.05) is 13.8 Å². The normalized spacial score (nSPS) is 24.8. The molecule has 0 aromatic rings. The van der Waals surface area contributed by atoms with Gasteiger partial charge in [-0.2, -0.15) is 0 Å². The minimum atomic E-state index is 0.107. The first kappa shape index (κ1) is 9.52. The first-order valence-corrected chi connectivity index (χ1v) is 4.58. The minimum absolute atomic E-state index is 0.107. The van der Waals surface area contributed by atoms with Crippen LogP contribution in [-0.4, -0.2) is 37.0 Å². The van der Waals surface area contributed by atoms with Crippen LogP contribution in [0.1, 0.15) is 20.3 Å². The zero-order valence-corrected chi connectivity index (χ0v) is 8.13. The van der Waals surface area contributed by atoms with Gasteiger partial charge in [0.2, 0.25) is 5.91 Å². The van der Waals surface area contributed by atoms with Crippen molar-refractivity contribution in [1.29, 1.82) is 0 Å². The van der Waals surface area contributed by atoms with E-state index < -0.39 is 0 Å². The van der Waals surface area contributed by atoms with Crippen molar-refractivity contribution in [3.8, 4) is 0 Å². The summed E-state index contributed by atoms with van der Waals surface area (Å²) >= 11 is 0. The highest BCUT2D eigenvalue weighted by Gasteiger charge is 2.21. The van der Waals surface area contributed by atoms with Crippen LogP contribution >= 0.6 is 0 Å². The van der Waals surface area contributed by atoms with Gasteiger partial charge in [-0.1, -0.05) is 13.8 Å². The number of carbonyl (C=O) groups excluding carboxylic acids is 1. The summed E-state index contributed by atoms with van der Waals surface area (Å²) in [6.07, 6.45) is 1.09. The first-order chi connectivity index (χ1) is 5.59. The van der Waals surface area contributed by atoms with Gasteiger partial charge in [-0.05, 0) is 20.0 Å². The van der Waals surface area contributed by atoms with Crippen molar-refractivity contribution in [1.82, 2.24) is 10.2 Å². The molecule has 1 heterocycles. The summed E-state index contributed by atoms with van der Waals surface area (Å²) in [5.74, 6) is 0.284. The van der Waals surface area contributed by atoms with E-state index in [1.165, 1.54) is 0 Å². The van der Waals surface area contributed by atoms with E-state index in [-0.39, 0.29) is 11.8 Å². The van der Waals surface area contributed by atoms with E-state index in [2.05, 4.69) is 17.3 Å². The highest BCUT2D eigenvalue weighted by atomic mass is 16.1. The molecule has 0 aromatic heterocycles. The quantitative estimate of drug-likeness (QED) is 0.653. The van der Waals surface area contributed by atoms with E-state index in [9.17, 15) is 4.79 Å². The number of hydrogen-bond donors (Lipinski definition) is 1. The molecule has 70 valence electrons. The Morgan fingerprint density at radius 1 is 1.58 bits per heavy atom. The molecule has 0 saturated carbocycles.